The summed E-state index contributed by atoms with van der Waals surface area (Å²) in [6.07, 6.45) is 9.11. The van der Waals surface area contributed by atoms with Crippen LogP contribution in [0.2, 0.25) is 0 Å². The molecule has 162 valence electrons. The number of morpholine rings is 1. The molecule has 8 heteroatoms. The van der Waals surface area contributed by atoms with Gasteiger partial charge in [0.25, 0.3) is 0 Å². The first-order valence-corrected chi connectivity index (χ1v) is 10.7. The maximum Gasteiger partial charge on any atom is 0.217 e. The highest BCUT2D eigenvalue weighted by Gasteiger charge is 2.39. The molecule has 2 saturated heterocycles. The highest BCUT2D eigenvalue weighted by atomic mass is 127. The Hall–Kier alpha value is -0.610. The second-order valence-electron chi connectivity index (χ2n) is 8.41. The largest absolute Gasteiger partial charge is 0.379 e. The zero-order valence-corrected chi connectivity index (χ0v) is 19.7. The summed E-state index contributed by atoms with van der Waals surface area (Å²) in [5.41, 5.74) is 5.64. The highest BCUT2D eigenvalue weighted by molar-refractivity contribution is 14.0. The monoisotopic (exact) mass is 507 g/mol. The Labute approximate surface area is 186 Å². The van der Waals surface area contributed by atoms with Crippen molar-refractivity contribution in [2.45, 2.75) is 56.9 Å². The van der Waals surface area contributed by atoms with E-state index in [1.807, 2.05) is 7.05 Å². The predicted molar refractivity (Wildman–Crippen MR) is 123 cm³/mol. The zero-order chi connectivity index (χ0) is 19.1. The Balaban J connectivity index is 0.00000280. The van der Waals surface area contributed by atoms with Crippen molar-refractivity contribution in [3.63, 3.8) is 0 Å². The normalized spacial score (nSPS) is 26.4. The predicted octanol–water partition coefficient (Wildman–Crippen LogP) is 1.80. The minimum Gasteiger partial charge on any atom is -0.379 e. The van der Waals surface area contributed by atoms with Gasteiger partial charge in [-0.3, -0.25) is 14.7 Å². The van der Waals surface area contributed by atoms with E-state index in [-0.39, 0.29) is 35.4 Å². The van der Waals surface area contributed by atoms with Crippen molar-refractivity contribution < 1.29 is 9.53 Å². The van der Waals surface area contributed by atoms with Crippen LogP contribution in [-0.2, 0) is 9.53 Å². The zero-order valence-electron chi connectivity index (χ0n) is 17.3. The van der Waals surface area contributed by atoms with Crippen LogP contribution in [0, 0.1) is 5.92 Å². The van der Waals surface area contributed by atoms with Gasteiger partial charge in [0.15, 0.2) is 5.96 Å². The number of rotatable bonds is 5. The Morgan fingerprint density at radius 3 is 2.54 bits per heavy atom. The third kappa shape index (κ3) is 6.19. The van der Waals surface area contributed by atoms with Gasteiger partial charge < -0.3 is 20.7 Å². The van der Waals surface area contributed by atoms with Crippen LogP contribution in [-0.4, -0.2) is 80.2 Å². The minimum atomic E-state index is -0.196. The molecular formula is C20H38IN5O2. The molecule has 1 unspecified atom stereocenters. The lowest BCUT2D eigenvalue weighted by atomic mass is 9.79. The fourth-order valence-corrected chi connectivity index (χ4v) is 5.14. The van der Waals surface area contributed by atoms with Crippen LogP contribution in [0.4, 0.5) is 0 Å². The van der Waals surface area contributed by atoms with E-state index in [9.17, 15) is 4.79 Å². The first-order valence-electron chi connectivity index (χ1n) is 10.7. The SMILES string of the molecule is CN=C(NCC1(N2CCOCC2)CCCCC1)N1CCCC(CC(N)=O)C1.I. The van der Waals surface area contributed by atoms with Gasteiger partial charge >= 0.3 is 0 Å². The number of guanidine groups is 1. The molecule has 0 bridgehead atoms. The molecule has 3 aliphatic rings. The Kier molecular flexibility index (Phi) is 9.76. The van der Waals surface area contributed by atoms with Gasteiger partial charge in [0, 0.05) is 51.7 Å². The summed E-state index contributed by atoms with van der Waals surface area (Å²) in [5.74, 6) is 1.12. The van der Waals surface area contributed by atoms with E-state index in [1.54, 1.807) is 0 Å². The fourth-order valence-electron chi connectivity index (χ4n) is 5.14. The van der Waals surface area contributed by atoms with Gasteiger partial charge in [-0.2, -0.15) is 0 Å². The summed E-state index contributed by atoms with van der Waals surface area (Å²) in [7, 11) is 1.86. The van der Waals surface area contributed by atoms with E-state index >= 15 is 0 Å². The quantitative estimate of drug-likeness (QED) is 0.337. The summed E-state index contributed by atoms with van der Waals surface area (Å²) < 4.78 is 5.59. The number of halogens is 1. The molecule has 2 heterocycles. The van der Waals surface area contributed by atoms with Crippen molar-refractivity contribution >= 4 is 35.8 Å². The average molecular weight is 507 g/mol. The van der Waals surface area contributed by atoms with Gasteiger partial charge in [-0.15, -0.1) is 24.0 Å². The number of likely N-dealkylation sites (tertiary alicyclic amines) is 1. The molecule has 3 rings (SSSR count). The molecule has 0 radical (unpaired) electrons. The van der Waals surface area contributed by atoms with Crippen LogP contribution < -0.4 is 11.1 Å². The number of nitrogens with one attached hydrogen (secondary N) is 1. The molecule has 1 amide bonds. The van der Waals surface area contributed by atoms with Gasteiger partial charge in [0.05, 0.1) is 13.2 Å². The molecule has 0 aromatic rings. The average Bonchev–Trinajstić information content (AvgIpc) is 2.70. The molecule has 2 aliphatic heterocycles. The standard InChI is InChI=1S/C20H37N5O2.HI/c1-22-19(24-9-5-6-17(15-24)14-18(21)26)23-16-20(7-3-2-4-8-20)25-10-12-27-13-11-25;/h17H,2-16H2,1H3,(H2,21,26)(H,22,23);1H. The number of hydrogen-bond acceptors (Lipinski definition) is 4. The van der Waals surface area contributed by atoms with Crippen LogP contribution in [0.15, 0.2) is 4.99 Å². The number of ether oxygens (including phenoxy) is 1. The molecule has 1 aliphatic carbocycles. The molecule has 3 fully saturated rings. The molecule has 1 saturated carbocycles. The molecule has 0 spiro atoms. The van der Waals surface area contributed by atoms with Gasteiger partial charge in [0.1, 0.15) is 0 Å². The lowest BCUT2D eigenvalue weighted by Gasteiger charge is -2.48. The van der Waals surface area contributed by atoms with E-state index in [0.29, 0.717) is 12.3 Å². The molecule has 28 heavy (non-hydrogen) atoms. The second kappa shape index (κ2) is 11.5. The van der Waals surface area contributed by atoms with Crippen molar-refractivity contribution in [3.05, 3.63) is 0 Å². The van der Waals surface area contributed by atoms with Crippen molar-refractivity contribution in [2.75, 3.05) is 53.0 Å². The van der Waals surface area contributed by atoms with Crippen LogP contribution in [0.25, 0.3) is 0 Å². The van der Waals surface area contributed by atoms with Gasteiger partial charge in [0.2, 0.25) is 5.91 Å². The van der Waals surface area contributed by atoms with Gasteiger partial charge in [-0.05, 0) is 31.6 Å². The molecule has 0 aromatic carbocycles. The number of carbonyl (C=O) groups excluding carboxylic acids is 1. The third-order valence-corrected chi connectivity index (χ3v) is 6.56. The summed E-state index contributed by atoms with van der Waals surface area (Å²) in [6.45, 7) is 6.56. The summed E-state index contributed by atoms with van der Waals surface area (Å²) in [6, 6.07) is 0. The number of piperidine rings is 1. The minimum absolute atomic E-state index is 0. The summed E-state index contributed by atoms with van der Waals surface area (Å²) in [4.78, 5) is 20.8. The van der Waals surface area contributed by atoms with Crippen molar-refractivity contribution in [1.29, 1.82) is 0 Å². The number of amides is 1. The first-order chi connectivity index (χ1) is 13.1. The highest BCUT2D eigenvalue weighted by Crippen LogP contribution is 2.34. The van der Waals surface area contributed by atoms with E-state index in [2.05, 4.69) is 20.1 Å². The van der Waals surface area contributed by atoms with Gasteiger partial charge in [-0.25, -0.2) is 0 Å². The lowest BCUT2D eigenvalue weighted by molar-refractivity contribution is -0.119. The molecule has 1 atom stereocenters. The second-order valence-corrected chi connectivity index (χ2v) is 8.41. The van der Waals surface area contributed by atoms with E-state index in [4.69, 9.17) is 10.5 Å². The fraction of sp³-hybridized carbons (Fsp3) is 0.900. The van der Waals surface area contributed by atoms with Crippen molar-refractivity contribution in [3.8, 4) is 0 Å². The molecule has 7 nitrogen and oxygen atoms in total. The Morgan fingerprint density at radius 1 is 1.18 bits per heavy atom. The number of primary amides is 1. The molecule has 3 N–H and O–H groups in total. The van der Waals surface area contributed by atoms with E-state index in [0.717, 1.165) is 64.7 Å². The molecule has 0 aromatic heterocycles. The maximum absolute atomic E-state index is 11.3. The van der Waals surface area contributed by atoms with Crippen molar-refractivity contribution in [1.82, 2.24) is 15.1 Å². The smallest absolute Gasteiger partial charge is 0.217 e. The third-order valence-electron chi connectivity index (χ3n) is 6.56. The number of hydrogen-bond donors (Lipinski definition) is 2. The van der Waals surface area contributed by atoms with Crippen LogP contribution in [0.1, 0.15) is 51.4 Å². The number of nitrogens with zero attached hydrogens (tertiary/aromatic N) is 3. The van der Waals surface area contributed by atoms with Crippen molar-refractivity contribution in [2.24, 2.45) is 16.6 Å². The number of carbonyl (C=O) groups is 1. The van der Waals surface area contributed by atoms with E-state index < -0.39 is 0 Å². The molecular weight excluding hydrogens is 469 g/mol. The lowest BCUT2D eigenvalue weighted by Crippen LogP contribution is -2.61. The summed E-state index contributed by atoms with van der Waals surface area (Å²) >= 11 is 0. The number of aliphatic imine (C=N–C) groups is 1. The topological polar surface area (TPSA) is 83.2 Å². The maximum atomic E-state index is 11.3. The summed E-state index contributed by atoms with van der Waals surface area (Å²) in [5, 5.41) is 3.70. The Morgan fingerprint density at radius 2 is 1.89 bits per heavy atom. The first kappa shape index (κ1) is 23.7. The van der Waals surface area contributed by atoms with Crippen LogP contribution in [0.5, 0.6) is 0 Å². The van der Waals surface area contributed by atoms with Crippen LogP contribution in [0.3, 0.4) is 0 Å². The Bertz CT molecular complexity index is 519. The van der Waals surface area contributed by atoms with Crippen LogP contribution >= 0.6 is 24.0 Å². The van der Waals surface area contributed by atoms with E-state index in [1.165, 1.54) is 32.1 Å². The number of nitrogens with two attached hydrogens (primary N) is 1. The van der Waals surface area contributed by atoms with Gasteiger partial charge in [-0.1, -0.05) is 19.3 Å².